The first kappa shape index (κ1) is 20.9. The van der Waals surface area contributed by atoms with Crippen LogP contribution in [0.5, 0.6) is 5.75 Å². The maximum absolute atomic E-state index is 12.9. The van der Waals surface area contributed by atoms with E-state index < -0.39 is 11.7 Å². The number of hydrogen-bond donors (Lipinski definition) is 0. The molecule has 1 saturated heterocycles. The van der Waals surface area contributed by atoms with Crippen molar-refractivity contribution in [3.63, 3.8) is 0 Å². The third-order valence-electron chi connectivity index (χ3n) is 5.06. The molecule has 0 aliphatic carbocycles. The first-order chi connectivity index (χ1) is 14.8. The van der Waals surface area contributed by atoms with E-state index in [2.05, 4.69) is 10.1 Å². The molecule has 0 radical (unpaired) electrons. The summed E-state index contributed by atoms with van der Waals surface area (Å²) in [5.74, 6) is 0.735. The summed E-state index contributed by atoms with van der Waals surface area (Å²) in [7, 11) is 0. The van der Waals surface area contributed by atoms with Crippen LogP contribution >= 0.6 is 0 Å². The van der Waals surface area contributed by atoms with Gasteiger partial charge in [0.2, 0.25) is 17.6 Å². The minimum absolute atomic E-state index is 0.0438. The lowest BCUT2D eigenvalue weighted by atomic mass is 10.1. The van der Waals surface area contributed by atoms with E-state index in [1.165, 1.54) is 12.1 Å². The lowest BCUT2D eigenvalue weighted by Gasteiger charge is -2.16. The summed E-state index contributed by atoms with van der Waals surface area (Å²) in [5, 5.41) is 3.82. The zero-order valence-corrected chi connectivity index (χ0v) is 16.7. The summed E-state index contributed by atoms with van der Waals surface area (Å²) in [6.07, 6.45) is -4.25. The van der Waals surface area contributed by atoms with E-state index in [1.54, 1.807) is 4.90 Å². The van der Waals surface area contributed by atoms with Gasteiger partial charge in [0.15, 0.2) is 0 Å². The first-order valence-corrected chi connectivity index (χ1v) is 9.84. The highest BCUT2D eigenvalue weighted by atomic mass is 19.4. The summed E-state index contributed by atoms with van der Waals surface area (Å²) in [6, 6.07) is 12.3. The summed E-state index contributed by atoms with van der Waals surface area (Å²) in [5.41, 5.74) is 0.391. The number of nitrogens with zero attached hydrogens (tertiary/aromatic N) is 3. The standard InChI is InChI=1S/C22H20F3N3O3/c1-2-30-18-8-6-14(7-9-18)12-28-13-16(11-19(28)29)21-26-20(27-31-21)15-4-3-5-17(10-15)22(23,24)25/h3-10,16H,2,11-13H2,1H3. The summed E-state index contributed by atoms with van der Waals surface area (Å²) < 4.78 is 49.5. The molecule has 3 aromatic rings. The van der Waals surface area contributed by atoms with E-state index in [-0.39, 0.29) is 35.5 Å². The fraction of sp³-hybridized carbons (Fsp3) is 0.318. The van der Waals surface area contributed by atoms with Gasteiger partial charge in [-0.25, -0.2) is 0 Å². The summed E-state index contributed by atoms with van der Waals surface area (Å²) in [4.78, 5) is 18.4. The molecule has 0 saturated carbocycles. The van der Waals surface area contributed by atoms with Crippen LogP contribution in [0.3, 0.4) is 0 Å². The van der Waals surface area contributed by atoms with Crippen molar-refractivity contribution in [3.05, 3.63) is 65.5 Å². The predicted octanol–water partition coefficient (Wildman–Crippen LogP) is 4.67. The highest BCUT2D eigenvalue weighted by Gasteiger charge is 2.35. The Morgan fingerprint density at radius 2 is 1.97 bits per heavy atom. The van der Waals surface area contributed by atoms with Crippen LogP contribution in [0, 0.1) is 0 Å². The van der Waals surface area contributed by atoms with Crippen LogP contribution in [0.25, 0.3) is 11.4 Å². The zero-order chi connectivity index (χ0) is 22.0. The van der Waals surface area contributed by atoms with Crippen molar-refractivity contribution in [2.24, 2.45) is 0 Å². The van der Waals surface area contributed by atoms with Gasteiger partial charge in [0.05, 0.1) is 18.1 Å². The second-order valence-electron chi connectivity index (χ2n) is 7.29. The normalized spacial score (nSPS) is 16.7. The fourth-order valence-electron chi connectivity index (χ4n) is 3.52. The quantitative estimate of drug-likeness (QED) is 0.567. The molecule has 0 N–H and O–H groups in total. The SMILES string of the molecule is CCOc1ccc(CN2CC(c3nc(-c4cccc(C(F)(F)F)c4)no3)CC2=O)cc1. The molecule has 0 bridgehead atoms. The van der Waals surface area contributed by atoms with E-state index >= 15 is 0 Å². The number of halogens is 3. The number of ether oxygens (including phenoxy) is 1. The lowest BCUT2D eigenvalue weighted by molar-refractivity contribution is -0.137. The predicted molar refractivity (Wildman–Crippen MR) is 105 cm³/mol. The molecule has 1 fully saturated rings. The Hall–Kier alpha value is -3.36. The van der Waals surface area contributed by atoms with Gasteiger partial charge >= 0.3 is 6.18 Å². The van der Waals surface area contributed by atoms with Crippen molar-refractivity contribution in [1.29, 1.82) is 0 Å². The number of aromatic nitrogens is 2. The van der Waals surface area contributed by atoms with Crippen molar-refractivity contribution < 1.29 is 27.2 Å². The molecule has 2 heterocycles. The Morgan fingerprint density at radius 3 is 2.68 bits per heavy atom. The number of amides is 1. The molecule has 1 unspecified atom stereocenters. The highest BCUT2D eigenvalue weighted by Crippen LogP contribution is 2.33. The zero-order valence-electron chi connectivity index (χ0n) is 16.7. The molecule has 31 heavy (non-hydrogen) atoms. The molecule has 1 aliphatic rings. The minimum atomic E-state index is -4.46. The molecule has 1 amide bonds. The highest BCUT2D eigenvalue weighted by molar-refractivity contribution is 5.79. The van der Waals surface area contributed by atoms with Crippen LogP contribution in [0.2, 0.25) is 0 Å². The maximum Gasteiger partial charge on any atom is 0.416 e. The summed E-state index contributed by atoms with van der Waals surface area (Å²) in [6.45, 7) is 3.33. The van der Waals surface area contributed by atoms with Crippen LogP contribution in [0.1, 0.15) is 36.3 Å². The van der Waals surface area contributed by atoms with E-state index in [9.17, 15) is 18.0 Å². The van der Waals surface area contributed by atoms with Crippen LogP contribution in [0.4, 0.5) is 13.2 Å². The molecule has 9 heteroatoms. The minimum Gasteiger partial charge on any atom is -0.494 e. The van der Waals surface area contributed by atoms with Gasteiger partial charge in [0.25, 0.3) is 0 Å². The monoisotopic (exact) mass is 431 g/mol. The van der Waals surface area contributed by atoms with Gasteiger partial charge in [-0.05, 0) is 36.8 Å². The number of carbonyl (C=O) groups excluding carboxylic acids is 1. The molecule has 1 atom stereocenters. The molecule has 162 valence electrons. The number of carbonyl (C=O) groups is 1. The van der Waals surface area contributed by atoms with Gasteiger partial charge < -0.3 is 14.2 Å². The molecule has 4 rings (SSSR count). The van der Waals surface area contributed by atoms with E-state index in [1.807, 2.05) is 31.2 Å². The Balaban J connectivity index is 1.45. The van der Waals surface area contributed by atoms with Gasteiger partial charge in [0.1, 0.15) is 5.75 Å². The molecule has 1 aromatic heterocycles. The van der Waals surface area contributed by atoms with Gasteiger partial charge in [-0.3, -0.25) is 4.79 Å². The number of benzene rings is 2. The second kappa shape index (κ2) is 8.41. The van der Waals surface area contributed by atoms with Crippen LogP contribution < -0.4 is 4.74 Å². The lowest BCUT2D eigenvalue weighted by Crippen LogP contribution is -2.24. The van der Waals surface area contributed by atoms with Gasteiger partial charge in [-0.2, -0.15) is 18.2 Å². The van der Waals surface area contributed by atoms with Gasteiger partial charge in [-0.15, -0.1) is 0 Å². The Kier molecular flexibility index (Phi) is 5.67. The van der Waals surface area contributed by atoms with E-state index in [0.717, 1.165) is 23.4 Å². The molecular weight excluding hydrogens is 411 g/mol. The van der Waals surface area contributed by atoms with E-state index in [4.69, 9.17) is 9.26 Å². The van der Waals surface area contributed by atoms with Gasteiger partial charge in [-0.1, -0.05) is 29.4 Å². The summed E-state index contributed by atoms with van der Waals surface area (Å²) >= 11 is 0. The molecule has 2 aromatic carbocycles. The third kappa shape index (κ3) is 4.70. The molecule has 6 nitrogen and oxygen atoms in total. The Bertz CT molecular complexity index is 1060. The molecule has 0 spiro atoms. The van der Waals surface area contributed by atoms with Crippen LogP contribution in [-0.4, -0.2) is 34.1 Å². The maximum atomic E-state index is 12.9. The smallest absolute Gasteiger partial charge is 0.416 e. The Labute approximate surface area is 176 Å². The number of hydrogen-bond acceptors (Lipinski definition) is 5. The van der Waals surface area contributed by atoms with Crippen LogP contribution in [-0.2, 0) is 17.5 Å². The van der Waals surface area contributed by atoms with Crippen molar-refractivity contribution in [2.75, 3.05) is 13.2 Å². The van der Waals surface area contributed by atoms with Crippen molar-refractivity contribution in [3.8, 4) is 17.1 Å². The van der Waals surface area contributed by atoms with E-state index in [0.29, 0.717) is 19.7 Å². The average molecular weight is 431 g/mol. The van der Waals surface area contributed by atoms with Crippen molar-refractivity contribution in [1.82, 2.24) is 15.0 Å². The largest absolute Gasteiger partial charge is 0.494 e. The third-order valence-corrected chi connectivity index (χ3v) is 5.06. The molecule has 1 aliphatic heterocycles. The fourth-order valence-corrected chi connectivity index (χ4v) is 3.52. The Morgan fingerprint density at radius 1 is 1.19 bits per heavy atom. The van der Waals surface area contributed by atoms with Gasteiger partial charge in [0, 0.05) is 25.1 Å². The van der Waals surface area contributed by atoms with Crippen molar-refractivity contribution in [2.45, 2.75) is 32.0 Å². The average Bonchev–Trinajstić information content (AvgIpc) is 3.37. The first-order valence-electron chi connectivity index (χ1n) is 9.84. The number of likely N-dealkylation sites (tertiary alicyclic amines) is 1. The topological polar surface area (TPSA) is 68.5 Å². The number of alkyl halides is 3. The second-order valence-corrected chi connectivity index (χ2v) is 7.29. The van der Waals surface area contributed by atoms with Crippen molar-refractivity contribution >= 4 is 5.91 Å². The molecular formula is C22H20F3N3O3. The van der Waals surface area contributed by atoms with Crippen LogP contribution in [0.15, 0.2) is 53.1 Å². The number of rotatable bonds is 6.